The second-order valence-electron chi connectivity index (χ2n) is 7.66. The van der Waals surface area contributed by atoms with Crippen LogP contribution in [0.3, 0.4) is 0 Å². The average Bonchev–Trinajstić information content (AvgIpc) is 3.20. The summed E-state index contributed by atoms with van der Waals surface area (Å²) in [4.78, 5) is 37.5. The molecule has 32 heavy (non-hydrogen) atoms. The van der Waals surface area contributed by atoms with E-state index in [1.54, 1.807) is 36.1 Å². The van der Waals surface area contributed by atoms with Crippen LogP contribution in [-0.4, -0.2) is 33.2 Å². The van der Waals surface area contributed by atoms with Gasteiger partial charge in [-0.1, -0.05) is 29.5 Å². The van der Waals surface area contributed by atoms with Gasteiger partial charge in [0.15, 0.2) is 5.13 Å². The van der Waals surface area contributed by atoms with E-state index in [0.717, 1.165) is 10.6 Å². The van der Waals surface area contributed by atoms with Crippen molar-refractivity contribution in [1.29, 1.82) is 0 Å². The number of rotatable bonds is 3. The molecule has 2 amide bonds. The lowest BCUT2D eigenvalue weighted by Gasteiger charge is -2.26. The lowest BCUT2D eigenvalue weighted by Crippen LogP contribution is -2.35. The molecule has 1 N–H and O–H groups in total. The van der Waals surface area contributed by atoms with Gasteiger partial charge in [-0.05, 0) is 43.3 Å². The molecule has 0 saturated heterocycles. The van der Waals surface area contributed by atoms with E-state index in [0.29, 0.717) is 52.4 Å². The van der Waals surface area contributed by atoms with Gasteiger partial charge in [-0.25, -0.2) is 9.37 Å². The fraction of sp³-hybridized carbons (Fsp3) is 0.167. The Balaban J connectivity index is 1.37. The van der Waals surface area contributed by atoms with Crippen LogP contribution in [-0.2, 0) is 13.0 Å². The lowest BCUT2D eigenvalue weighted by molar-refractivity contribution is 0.0736. The average molecular weight is 447 g/mol. The van der Waals surface area contributed by atoms with Gasteiger partial charge >= 0.3 is 0 Å². The van der Waals surface area contributed by atoms with Crippen LogP contribution in [0.1, 0.15) is 37.0 Å². The summed E-state index contributed by atoms with van der Waals surface area (Å²) in [7, 11) is 0. The molecular weight excluding hydrogens is 427 g/mol. The first-order chi connectivity index (χ1) is 15.5. The Labute approximate surface area is 187 Å². The zero-order valence-corrected chi connectivity index (χ0v) is 18.1. The maximum atomic E-state index is 13.8. The van der Waals surface area contributed by atoms with Gasteiger partial charge in [0.2, 0.25) is 0 Å². The molecule has 4 aromatic rings. The summed E-state index contributed by atoms with van der Waals surface area (Å²) in [6.45, 7) is 2.82. The SMILES string of the molecule is Cc1cc(C(=O)Nc2nc3c(s2)CN(C(=O)c2ccccc2)CC3)c2cc(F)ccc2n1. The summed E-state index contributed by atoms with van der Waals surface area (Å²) in [5.74, 6) is -0.810. The van der Waals surface area contributed by atoms with Gasteiger partial charge in [0.25, 0.3) is 11.8 Å². The number of hydrogen-bond donors (Lipinski definition) is 1. The number of thiazole rings is 1. The third-order valence-electron chi connectivity index (χ3n) is 5.40. The zero-order chi connectivity index (χ0) is 22.2. The van der Waals surface area contributed by atoms with Crippen LogP contribution in [0.2, 0.25) is 0 Å². The smallest absolute Gasteiger partial charge is 0.258 e. The van der Waals surface area contributed by atoms with Crippen molar-refractivity contribution in [3.63, 3.8) is 0 Å². The maximum Gasteiger partial charge on any atom is 0.258 e. The number of pyridine rings is 1. The van der Waals surface area contributed by atoms with Crippen molar-refractivity contribution in [1.82, 2.24) is 14.9 Å². The maximum absolute atomic E-state index is 13.8. The molecule has 0 unspecified atom stereocenters. The number of nitrogens with one attached hydrogen (secondary N) is 1. The van der Waals surface area contributed by atoms with Crippen LogP contribution >= 0.6 is 11.3 Å². The molecule has 2 aromatic carbocycles. The molecule has 160 valence electrons. The number of nitrogens with zero attached hydrogens (tertiary/aromatic N) is 3. The summed E-state index contributed by atoms with van der Waals surface area (Å²) >= 11 is 1.36. The Kier molecular flexibility index (Phi) is 5.14. The lowest BCUT2D eigenvalue weighted by atomic mass is 10.1. The van der Waals surface area contributed by atoms with Gasteiger partial charge in [-0.15, -0.1) is 0 Å². The highest BCUT2D eigenvalue weighted by atomic mass is 32.1. The second kappa shape index (κ2) is 8.12. The number of aryl methyl sites for hydroxylation is 1. The second-order valence-corrected chi connectivity index (χ2v) is 8.74. The predicted molar refractivity (Wildman–Crippen MR) is 121 cm³/mol. The largest absolute Gasteiger partial charge is 0.333 e. The number of carbonyl (C=O) groups is 2. The van der Waals surface area contributed by atoms with Gasteiger partial charge in [-0.2, -0.15) is 0 Å². The van der Waals surface area contributed by atoms with Crippen molar-refractivity contribution in [3.8, 4) is 0 Å². The molecule has 8 heteroatoms. The van der Waals surface area contributed by atoms with E-state index >= 15 is 0 Å². The first-order valence-electron chi connectivity index (χ1n) is 10.2. The Morgan fingerprint density at radius 2 is 1.91 bits per heavy atom. The van der Waals surface area contributed by atoms with Crippen molar-refractivity contribution in [2.45, 2.75) is 19.9 Å². The van der Waals surface area contributed by atoms with Crippen LogP contribution in [0.5, 0.6) is 0 Å². The molecule has 0 bridgehead atoms. The van der Waals surface area contributed by atoms with Gasteiger partial charge in [0, 0.05) is 34.5 Å². The Hall–Kier alpha value is -3.65. The van der Waals surface area contributed by atoms with Crippen molar-refractivity contribution >= 4 is 39.2 Å². The van der Waals surface area contributed by atoms with E-state index in [4.69, 9.17) is 0 Å². The molecule has 0 fully saturated rings. The first-order valence-corrected chi connectivity index (χ1v) is 11.0. The van der Waals surface area contributed by atoms with Crippen molar-refractivity contribution in [2.75, 3.05) is 11.9 Å². The van der Waals surface area contributed by atoms with Crippen molar-refractivity contribution in [3.05, 3.63) is 87.8 Å². The molecule has 6 nitrogen and oxygen atoms in total. The van der Waals surface area contributed by atoms with E-state index in [1.165, 1.54) is 23.5 Å². The molecule has 5 rings (SSSR count). The van der Waals surface area contributed by atoms with E-state index in [2.05, 4.69) is 15.3 Å². The minimum atomic E-state index is -0.426. The topological polar surface area (TPSA) is 75.2 Å². The van der Waals surface area contributed by atoms with Crippen molar-refractivity contribution in [2.24, 2.45) is 0 Å². The Morgan fingerprint density at radius 3 is 2.72 bits per heavy atom. The quantitative estimate of drug-likeness (QED) is 0.500. The third-order valence-corrected chi connectivity index (χ3v) is 6.40. The summed E-state index contributed by atoms with van der Waals surface area (Å²) in [5, 5.41) is 3.76. The minimum Gasteiger partial charge on any atom is -0.333 e. The predicted octanol–water partition coefficient (Wildman–Crippen LogP) is 4.59. The number of benzene rings is 2. The fourth-order valence-corrected chi connectivity index (χ4v) is 4.89. The van der Waals surface area contributed by atoms with E-state index in [-0.39, 0.29) is 11.8 Å². The number of carbonyl (C=O) groups excluding carboxylic acids is 2. The molecule has 0 atom stereocenters. The van der Waals surface area contributed by atoms with Gasteiger partial charge < -0.3 is 4.90 Å². The highest BCUT2D eigenvalue weighted by molar-refractivity contribution is 7.15. The Bertz CT molecular complexity index is 1350. The molecule has 1 aliphatic rings. The van der Waals surface area contributed by atoms with Crippen molar-refractivity contribution < 1.29 is 14.0 Å². The Morgan fingerprint density at radius 1 is 1.09 bits per heavy atom. The zero-order valence-electron chi connectivity index (χ0n) is 17.3. The van der Waals surface area contributed by atoms with Gasteiger partial charge in [0.1, 0.15) is 5.82 Å². The van der Waals surface area contributed by atoms with Crippen LogP contribution in [0.15, 0.2) is 54.6 Å². The third kappa shape index (κ3) is 3.85. The molecule has 0 aliphatic carbocycles. The number of anilines is 1. The van der Waals surface area contributed by atoms with Crippen LogP contribution in [0.25, 0.3) is 10.9 Å². The monoisotopic (exact) mass is 446 g/mol. The molecule has 0 radical (unpaired) electrons. The number of amides is 2. The summed E-state index contributed by atoms with van der Waals surface area (Å²) < 4.78 is 13.8. The molecule has 2 aromatic heterocycles. The molecule has 1 aliphatic heterocycles. The molecule has 0 saturated carbocycles. The van der Waals surface area contributed by atoms with Gasteiger partial charge in [0.05, 0.1) is 23.3 Å². The summed E-state index contributed by atoms with van der Waals surface area (Å²) in [6, 6.07) is 15.0. The van der Waals surface area contributed by atoms with E-state index < -0.39 is 5.82 Å². The minimum absolute atomic E-state index is 0.0176. The number of hydrogen-bond acceptors (Lipinski definition) is 5. The summed E-state index contributed by atoms with van der Waals surface area (Å²) in [5.41, 5.74) is 3.12. The van der Waals surface area contributed by atoms with Crippen LogP contribution in [0.4, 0.5) is 9.52 Å². The fourth-order valence-electron chi connectivity index (χ4n) is 3.87. The standard InChI is InChI=1S/C24H19FN4O2S/c1-14-11-18(17-12-16(25)7-8-19(17)26-14)22(30)28-24-27-20-9-10-29(13-21(20)32-24)23(31)15-5-3-2-4-6-15/h2-8,11-12H,9-10,13H2,1H3,(H,27,28,30). The summed E-state index contributed by atoms with van der Waals surface area (Å²) in [6.07, 6.45) is 0.628. The van der Waals surface area contributed by atoms with Gasteiger partial charge in [-0.3, -0.25) is 19.9 Å². The number of aromatic nitrogens is 2. The van der Waals surface area contributed by atoms with Crippen LogP contribution in [0, 0.1) is 12.7 Å². The van der Waals surface area contributed by atoms with E-state index in [9.17, 15) is 14.0 Å². The number of fused-ring (bicyclic) bond motifs is 2. The molecular formula is C24H19FN4O2S. The van der Waals surface area contributed by atoms with E-state index in [1.807, 2.05) is 18.2 Å². The first kappa shape index (κ1) is 20.3. The highest BCUT2D eigenvalue weighted by Crippen LogP contribution is 2.30. The number of halogens is 1. The van der Waals surface area contributed by atoms with Crippen LogP contribution < -0.4 is 5.32 Å². The normalized spacial score (nSPS) is 13.1. The highest BCUT2D eigenvalue weighted by Gasteiger charge is 2.25. The molecule has 0 spiro atoms. The molecule has 3 heterocycles.